The van der Waals surface area contributed by atoms with Gasteiger partial charge in [0.05, 0.1) is 19.0 Å². The van der Waals surface area contributed by atoms with Crippen LogP contribution in [0, 0.1) is 5.92 Å². The lowest BCUT2D eigenvalue weighted by molar-refractivity contribution is 0.381. The number of hydrogen-bond acceptors (Lipinski definition) is 3. The van der Waals surface area contributed by atoms with Gasteiger partial charge in [-0.05, 0) is 38.1 Å². The zero-order valence-corrected chi connectivity index (χ0v) is 11.4. The lowest BCUT2D eigenvalue weighted by Crippen LogP contribution is -2.27. The SMILES string of the molecule is COc1cnn(C)c1C1CCCC1CNC1CC1. The molecule has 1 aromatic heterocycles. The predicted octanol–water partition coefficient (Wildman–Crippen LogP) is 2.06. The molecule has 3 rings (SSSR count). The predicted molar refractivity (Wildman–Crippen MR) is 70.9 cm³/mol. The highest BCUT2D eigenvalue weighted by atomic mass is 16.5. The summed E-state index contributed by atoms with van der Waals surface area (Å²) in [5.74, 6) is 2.31. The van der Waals surface area contributed by atoms with Crippen LogP contribution in [-0.4, -0.2) is 29.5 Å². The van der Waals surface area contributed by atoms with E-state index in [4.69, 9.17) is 4.74 Å². The van der Waals surface area contributed by atoms with E-state index in [1.165, 1.54) is 37.8 Å². The molecule has 2 fully saturated rings. The third kappa shape index (κ3) is 2.26. The third-order valence-electron chi connectivity index (χ3n) is 4.43. The van der Waals surface area contributed by atoms with Crippen molar-refractivity contribution in [3.8, 4) is 5.75 Å². The van der Waals surface area contributed by atoms with Gasteiger partial charge >= 0.3 is 0 Å². The maximum atomic E-state index is 5.46. The van der Waals surface area contributed by atoms with Crippen LogP contribution < -0.4 is 10.1 Å². The van der Waals surface area contributed by atoms with E-state index in [-0.39, 0.29) is 0 Å². The van der Waals surface area contributed by atoms with Crippen LogP contribution in [0.2, 0.25) is 0 Å². The molecular weight excluding hydrogens is 226 g/mol. The second-order valence-corrected chi connectivity index (χ2v) is 5.70. The van der Waals surface area contributed by atoms with Gasteiger partial charge < -0.3 is 10.1 Å². The Labute approximate surface area is 109 Å². The molecule has 0 radical (unpaired) electrons. The van der Waals surface area contributed by atoms with Gasteiger partial charge in [0.25, 0.3) is 0 Å². The number of aromatic nitrogens is 2. The Bertz CT molecular complexity index is 411. The smallest absolute Gasteiger partial charge is 0.160 e. The van der Waals surface area contributed by atoms with Crippen molar-refractivity contribution in [2.24, 2.45) is 13.0 Å². The first-order valence-corrected chi connectivity index (χ1v) is 7.09. The Morgan fingerprint density at radius 2 is 2.22 bits per heavy atom. The number of rotatable bonds is 5. The van der Waals surface area contributed by atoms with Crippen molar-refractivity contribution in [3.63, 3.8) is 0 Å². The maximum Gasteiger partial charge on any atom is 0.160 e. The summed E-state index contributed by atoms with van der Waals surface area (Å²) < 4.78 is 7.46. The highest BCUT2D eigenvalue weighted by Crippen LogP contribution is 2.42. The first-order chi connectivity index (χ1) is 8.79. The molecule has 2 saturated carbocycles. The van der Waals surface area contributed by atoms with Crippen molar-refractivity contribution in [2.75, 3.05) is 13.7 Å². The number of nitrogens with zero attached hydrogens (tertiary/aromatic N) is 2. The van der Waals surface area contributed by atoms with Gasteiger partial charge in [-0.2, -0.15) is 5.10 Å². The van der Waals surface area contributed by atoms with Crippen molar-refractivity contribution in [1.82, 2.24) is 15.1 Å². The van der Waals surface area contributed by atoms with Crippen molar-refractivity contribution in [3.05, 3.63) is 11.9 Å². The Morgan fingerprint density at radius 1 is 1.39 bits per heavy atom. The molecule has 0 aromatic carbocycles. The Balaban J connectivity index is 1.73. The molecule has 18 heavy (non-hydrogen) atoms. The zero-order chi connectivity index (χ0) is 12.5. The number of hydrogen-bond donors (Lipinski definition) is 1. The minimum Gasteiger partial charge on any atom is -0.493 e. The van der Waals surface area contributed by atoms with Crippen molar-refractivity contribution in [2.45, 2.75) is 44.1 Å². The largest absolute Gasteiger partial charge is 0.493 e. The minimum absolute atomic E-state index is 0.610. The second-order valence-electron chi connectivity index (χ2n) is 5.70. The van der Waals surface area contributed by atoms with Crippen LogP contribution in [0.15, 0.2) is 6.20 Å². The summed E-state index contributed by atoms with van der Waals surface area (Å²) in [6, 6.07) is 0.805. The second kappa shape index (κ2) is 4.92. The summed E-state index contributed by atoms with van der Waals surface area (Å²) in [4.78, 5) is 0. The van der Waals surface area contributed by atoms with Gasteiger partial charge in [0, 0.05) is 19.0 Å². The molecule has 0 spiro atoms. The summed E-state index contributed by atoms with van der Waals surface area (Å²) in [5, 5.41) is 8.02. The van der Waals surface area contributed by atoms with Gasteiger partial charge in [0.15, 0.2) is 5.75 Å². The van der Waals surface area contributed by atoms with E-state index >= 15 is 0 Å². The molecule has 0 aliphatic heterocycles. The standard InChI is InChI=1S/C14H23N3O/c1-17-14(13(18-2)9-16-17)12-5-3-4-10(12)8-15-11-6-7-11/h9-12,15H,3-8H2,1-2H3. The Kier molecular flexibility index (Phi) is 3.29. The summed E-state index contributed by atoms with van der Waals surface area (Å²) in [7, 11) is 3.77. The van der Waals surface area contributed by atoms with E-state index in [1.807, 2.05) is 17.9 Å². The summed E-state index contributed by atoms with van der Waals surface area (Å²) in [6.45, 7) is 1.16. The number of ether oxygens (including phenoxy) is 1. The number of nitrogens with one attached hydrogen (secondary N) is 1. The van der Waals surface area contributed by atoms with Gasteiger partial charge in [-0.3, -0.25) is 4.68 Å². The van der Waals surface area contributed by atoms with Crippen LogP contribution >= 0.6 is 0 Å². The monoisotopic (exact) mass is 249 g/mol. The lowest BCUT2D eigenvalue weighted by Gasteiger charge is -2.21. The zero-order valence-electron chi connectivity index (χ0n) is 11.4. The highest BCUT2D eigenvalue weighted by molar-refractivity contribution is 5.30. The van der Waals surface area contributed by atoms with Crippen LogP contribution in [0.4, 0.5) is 0 Å². The maximum absolute atomic E-state index is 5.46. The average Bonchev–Trinajstić information content (AvgIpc) is 2.97. The molecule has 4 nitrogen and oxygen atoms in total. The lowest BCUT2D eigenvalue weighted by atomic mass is 9.92. The van der Waals surface area contributed by atoms with Crippen LogP contribution in [-0.2, 0) is 7.05 Å². The third-order valence-corrected chi connectivity index (χ3v) is 4.43. The van der Waals surface area contributed by atoms with Crippen LogP contribution in [0.1, 0.15) is 43.7 Å². The minimum atomic E-state index is 0.610. The van der Waals surface area contributed by atoms with Gasteiger partial charge in [-0.15, -0.1) is 0 Å². The topological polar surface area (TPSA) is 39.1 Å². The Morgan fingerprint density at radius 3 is 2.94 bits per heavy atom. The van der Waals surface area contributed by atoms with Crippen molar-refractivity contribution >= 4 is 0 Å². The molecule has 1 aromatic rings. The van der Waals surface area contributed by atoms with E-state index in [0.29, 0.717) is 5.92 Å². The fraction of sp³-hybridized carbons (Fsp3) is 0.786. The number of methoxy groups -OCH3 is 1. The van der Waals surface area contributed by atoms with E-state index in [9.17, 15) is 0 Å². The molecule has 1 heterocycles. The molecule has 2 atom stereocenters. The van der Waals surface area contributed by atoms with E-state index in [2.05, 4.69) is 10.4 Å². The summed E-state index contributed by atoms with van der Waals surface area (Å²) in [6.07, 6.45) is 8.51. The molecule has 2 aliphatic rings. The Hall–Kier alpha value is -1.03. The molecule has 0 saturated heterocycles. The van der Waals surface area contributed by atoms with Crippen LogP contribution in [0.25, 0.3) is 0 Å². The first kappa shape index (κ1) is 12.0. The summed E-state index contributed by atoms with van der Waals surface area (Å²) in [5.41, 5.74) is 1.29. The van der Waals surface area contributed by atoms with E-state index in [0.717, 1.165) is 24.3 Å². The van der Waals surface area contributed by atoms with Gasteiger partial charge in [0.2, 0.25) is 0 Å². The fourth-order valence-electron chi connectivity index (χ4n) is 3.25. The van der Waals surface area contributed by atoms with Crippen LogP contribution in [0.5, 0.6) is 5.75 Å². The van der Waals surface area contributed by atoms with Gasteiger partial charge in [-0.25, -0.2) is 0 Å². The summed E-state index contributed by atoms with van der Waals surface area (Å²) >= 11 is 0. The van der Waals surface area contributed by atoms with E-state index < -0.39 is 0 Å². The first-order valence-electron chi connectivity index (χ1n) is 7.09. The molecule has 0 bridgehead atoms. The van der Waals surface area contributed by atoms with E-state index in [1.54, 1.807) is 7.11 Å². The quantitative estimate of drug-likeness (QED) is 0.868. The van der Waals surface area contributed by atoms with Gasteiger partial charge in [-0.1, -0.05) is 6.42 Å². The molecule has 1 N–H and O–H groups in total. The highest BCUT2D eigenvalue weighted by Gasteiger charge is 2.34. The normalized spacial score (nSPS) is 27.7. The molecule has 2 aliphatic carbocycles. The molecule has 100 valence electrons. The fourth-order valence-corrected chi connectivity index (χ4v) is 3.25. The van der Waals surface area contributed by atoms with Crippen molar-refractivity contribution < 1.29 is 4.74 Å². The molecule has 2 unspecified atom stereocenters. The van der Waals surface area contributed by atoms with Crippen LogP contribution in [0.3, 0.4) is 0 Å². The average molecular weight is 249 g/mol. The van der Waals surface area contributed by atoms with Crippen molar-refractivity contribution in [1.29, 1.82) is 0 Å². The molecular formula is C14H23N3O. The molecule has 0 amide bonds. The number of aryl methyl sites for hydroxylation is 1. The van der Waals surface area contributed by atoms with Gasteiger partial charge in [0.1, 0.15) is 0 Å². The molecule has 4 heteroatoms.